The molecule has 0 bridgehead atoms. The van der Waals surface area contributed by atoms with Crippen molar-refractivity contribution in [3.8, 4) is 0 Å². The Morgan fingerprint density at radius 2 is 2.19 bits per heavy atom. The van der Waals surface area contributed by atoms with Gasteiger partial charge in [0.05, 0.1) is 0 Å². The highest BCUT2D eigenvalue weighted by Gasteiger charge is 2.37. The minimum atomic E-state index is -1.25. The lowest BCUT2D eigenvalue weighted by atomic mass is 10.0. The van der Waals surface area contributed by atoms with Gasteiger partial charge in [-0.25, -0.2) is 4.79 Å². The summed E-state index contributed by atoms with van der Waals surface area (Å²) in [5.41, 5.74) is -1.07. The van der Waals surface area contributed by atoms with Gasteiger partial charge in [-0.05, 0) is 32.3 Å². The highest BCUT2D eigenvalue weighted by molar-refractivity contribution is 7.03. The van der Waals surface area contributed by atoms with Crippen LogP contribution in [0.4, 0.5) is 0 Å². The summed E-state index contributed by atoms with van der Waals surface area (Å²) in [5.74, 6) is -1.46. The van der Waals surface area contributed by atoms with Crippen LogP contribution < -0.4 is 0 Å². The van der Waals surface area contributed by atoms with E-state index in [1.165, 1.54) is 24.1 Å². The average Bonchev–Trinajstić information content (AvgIpc) is 2.70. The van der Waals surface area contributed by atoms with Crippen LogP contribution in [0.3, 0.4) is 0 Å². The Kier molecular flexibility index (Phi) is 3.58. The van der Waals surface area contributed by atoms with Crippen molar-refractivity contribution in [2.45, 2.75) is 26.3 Å². The Balaban J connectivity index is 3.00. The summed E-state index contributed by atoms with van der Waals surface area (Å²) < 4.78 is 3.58. The van der Waals surface area contributed by atoms with E-state index in [1.54, 1.807) is 6.92 Å². The van der Waals surface area contributed by atoms with Gasteiger partial charge in [-0.3, -0.25) is 4.79 Å². The van der Waals surface area contributed by atoms with Crippen molar-refractivity contribution >= 4 is 23.4 Å². The zero-order chi connectivity index (χ0) is 12.3. The van der Waals surface area contributed by atoms with Crippen molar-refractivity contribution in [1.29, 1.82) is 0 Å². The summed E-state index contributed by atoms with van der Waals surface area (Å²) in [7, 11) is 0. The molecule has 7 heteroatoms. The molecular formula is C9H13N3O3S. The molecule has 0 aliphatic carbocycles. The van der Waals surface area contributed by atoms with E-state index in [4.69, 9.17) is 5.11 Å². The fraction of sp³-hybridized carbons (Fsp3) is 0.556. The molecule has 6 nitrogen and oxygen atoms in total. The number of aromatic nitrogens is 2. The van der Waals surface area contributed by atoms with E-state index in [2.05, 4.69) is 9.59 Å². The summed E-state index contributed by atoms with van der Waals surface area (Å²) in [6, 6.07) is 0. The Bertz CT molecular complexity index is 389. The van der Waals surface area contributed by atoms with Crippen LogP contribution >= 0.6 is 11.5 Å². The zero-order valence-corrected chi connectivity index (χ0v) is 10.1. The number of carboxylic acid groups (broad SMARTS) is 1. The zero-order valence-electron chi connectivity index (χ0n) is 9.30. The van der Waals surface area contributed by atoms with Gasteiger partial charge in [0.15, 0.2) is 5.69 Å². The molecular weight excluding hydrogens is 230 g/mol. The molecule has 0 atom stereocenters. The number of likely N-dealkylation sites (N-methyl/N-ethyl adjacent to an activating group) is 1. The highest BCUT2D eigenvalue weighted by Crippen LogP contribution is 2.17. The van der Waals surface area contributed by atoms with Crippen LogP contribution in [0.1, 0.15) is 31.3 Å². The molecule has 1 aromatic rings. The van der Waals surface area contributed by atoms with Crippen LogP contribution in [0.2, 0.25) is 0 Å². The Hall–Kier alpha value is -1.50. The van der Waals surface area contributed by atoms with Crippen LogP contribution in [0, 0.1) is 0 Å². The third kappa shape index (κ3) is 2.19. The van der Waals surface area contributed by atoms with E-state index in [1.807, 2.05) is 0 Å². The smallest absolute Gasteiger partial charge is 0.329 e. The first-order valence-electron chi connectivity index (χ1n) is 4.73. The predicted octanol–water partition coefficient (Wildman–Crippen LogP) is 0.863. The summed E-state index contributed by atoms with van der Waals surface area (Å²) in [5, 5.41) is 14.2. The maximum absolute atomic E-state index is 12.0. The topological polar surface area (TPSA) is 83.4 Å². The molecule has 0 fully saturated rings. The number of hydrogen-bond donors (Lipinski definition) is 1. The van der Waals surface area contributed by atoms with Gasteiger partial charge in [0.25, 0.3) is 5.91 Å². The predicted molar refractivity (Wildman–Crippen MR) is 58.3 cm³/mol. The van der Waals surface area contributed by atoms with Crippen LogP contribution in [-0.2, 0) is 4.79 Å². The number of aliphatic carboxylic acids is 1. The molecule has 0 saturated heterocycles. The summed E-state index contributed by atoms with van der Waals surface area (Å²) in [4.78, 5) is 24.3. The SMILES string of the molecule is CCN(C(=O)c1csnn1)C(C)(C)C(=O)O. The number of carbonyl (C=O) groups excluding carboxylic acids is 1. The number of nitrogens with zero attached hydrogens (tertiary/aromatic N) is 3. The molecule has 1 N–H and O–H groups in total. The third-order valence-corrected chi connectivity index (χ3v) is 2.84. The molecule has 0 radical (unpaired) electrons. The summed E-state index contributed by atoms with van der Waals surface area (Å²) in [6.07, 6.45) is 0. The molecule has 1 aromatic heterocycles. The van der Waals surface area contributed by atoms with Crippen LogP contribution in [-0.4, -0.2) is 43.6 Å². The molecule has 16 heavy (non-hydrogen) atoms. The van der Waals surface area contributed by atoms with Crippen molar-refractivity contribution in [2.75, 3.05) is 6.54 Å². The van der Waals surface area contributed by atoms with Crippen molar-refractivity contribution in [3.63, 3.8) is 0 Å². The summed E-state index contributed by atoms with van der Waals surface area (Å²) in [6.45, 7) is 4.99. The Labute approximate surface area is 97.1 Å². The number of rotatable bonds is 4. The molecule has 1 rings (SSSR count). The summed E-state index contributed by atoms with van der Waals surface area (Å²) >= 11 is 1.06. The fourth-order valence-electron chi connectivity index (χ4n) is 1.30. The van der Waals surface area contributed by atoms with Gasteiger partial charge in [-0.15, -0.1) is 5.10 Å². The van der Waals surface area contributed by atoms with E-state index in [0.717, 1.165) is 11.5 Å². The molecule has 0 spiro atoms. The monoisotopic (exact) mass is 243 g/mol. The second-order valence-corrected chi connectivity index (χ2v) is 4.31. The molecule has 1 amide bonds. The van der Waals surface area contributed by atoms with Crippen LogP contribution in [0.25, 0.3) is 0 Å². The second-order valence-electron chi connectivity index (χ2n) is 3.70. The molecule has 0 unspecified atom stereocenters. The average molecular weight is 243 g/mol. The lowest BCUT2D eigenvalue weighted by Gasteiger charge is -2.33. The number of carboxylic acids is 1. The van der Waals surface area contributed by atoms with E-state index >= 15 is 0 Å². The maximum Gasteiger partial charge on any atom is 0.329 e. The van der Waals surface area contributed by atoms with Gasteiger partial charge in [-0.1, -0.05) is 4.49 Å². The van der Waals surface area contributed by atoms with E-state index in [0.29, 0.717) is 6.54 Å². The van der Waals surface area contributed by atoms with Gasteiger partial charge in [-0.2, -0.15) is 0 Å². The molecule has 0 aliphatic rings. The lowest BCUT2D eigenvalue weighted by molar-refractivity contribution is -0.147. The Morgan fingerprint density at radius 1 is 1.56 bits per heavy atom. The van der Waals surface area contributed by atoms with Crippen molar-refractivity contribution < 1.29 is 14.7 Å². The van der Waals surface area contributed by atoms with Gasteiger partial charge in [0.2, 0.25) is 0 Å². The molecule has 1 heterocycles. The largest absolute Gasteiger partial charge is 0.480 e. The number of hydrogen-bond acceptors (Lipinski definition) is 5. The van der Waals surface area contributed by atoms with E-state index in [-0.39, 0.29) is 5.69 Å². The van der Waals surface area contributed by atoms with E-state index < -0.39 is 17.4 Å². The Morgan fingerprint density at radius 3 is 2.56 bits per heavy atom. The first kappa shape index (κ1) is 12.6. The maximum atomic E-state index is 12.0. The fourth-order valence-corrected chi connectivity index (χ4v) is 1.73. The molecule has 0 saturated carbocycles. The standard InChI is InChI=1S/C9H13N3O3S/c1-4-12(9(2,3)8(14)15)7(13)6-5-16-11-10-6/h5H,4H2,1-3H3,(H,14,15). The second kappa shape index (κ2) is 4.56. The minimum Gasteiger partial charge on any atom is -0.480 e. The van der Waals surface area contributed by atoms with Crippen molar-refractivity contribution in [1.82, 2.24) is 14.5 Å². The lowest BCUT2D eigenvalue weighted by Crippen LogP contribution is -2.53. The normalized spacial score (nSPS) is 11.2. The van der Waals surface area contributed by atoms with Gasteiger partial charge in [0, 0.05) is 11.9 Å². The quantitative estimate of drug-likeness (QED) is 0.848. The van der Waals surface area contributed by atoms with E-state index in [9.17, 15) is 9.59 Å². The number of amides is 1. The van der Waals surface area contributed by atoms with Gasteiger partial charge < -0.3 is 10.0 Å². The van der Waals surface area contributed by atoms with Crippen LogP contribution in [0.5, 0.6) is 0 Å². The minimum absolute atomic E-state index is 0.182. The molecule has 0 aromatic carbocycles. The number of carbonyl (C=O) groups is 2. The molecule has 0 aliphatic heterocycles. The van der Waals surface area contributed by atoms with Crippen molar-refractivity contribution in [3.05, 3.63) is 11.1 Å². The highest BCUT2D eigenvalue weighted by atomic mass is 32.1. The first-order valence-corrected chi connectivity index (χ1v) is 5.57. The third-order valence-electron chi connectivity index (χ3n) is 2.34. The van der Waals surface area contributed by atoms with Crippen molar-refractivity contribution in [2.24, 2.45) is 0 Å². The molecule has 88 valence electrons. The van der Waals surface area contributed by atoms with Gasteiger partial charge in [0.1, 0.15) is 5.54 Å². The first-order chi connectivity index (χ1) is 7.41. The van der Waals surface area contributed by atoms with Gasteiger partial charge >= 0.3 is 5.97 Å². The van der Waals surface area contributed by atoms with Crippen LogP contribution in [0.15, 0.2) is 5.38 Å².